The van der Waals surface area contributed by atoms with Gasteiger partial charge in [0.15, 0.2) is 0 Å². The Morgan fingerprint density at radius 1 is 1.53 bits per heavy atom. The molecule has 1 aromatic heterocycles. The van der Waals surface area contributed by atoms with Crippen LogP contribution in [-0.4, -0.2) is 22.1 Å². The molecule has 0 aromatic carbocycles. The van der Waals surface area contributed by atoms with E-state index >= 15 is 0 Å². The number of nitrogens with zero attached hydrogens (tertiary/aromatic N) is 2. The summed E-state index contributed by atoms with van der Waals surface area (Å²) in [4.78, 5) is 8.39. The summed E-state index contributed by atoms with van der Waals surface area (Å²) in [6.45, 7) is 6.88. The third-order valence-electron chi connectivity index (χ3n) is 2.68. The van der Waals surface area contributed by atoms with Crippen LogP contribution in [0.3, 0.4) is 0 Å². The molecule has 4 heteroatoms. The average Bonchev–Trinajstić information content (AvgIpc) is 2.18. The molecule has 0 aliphatic carbocycles. The minimum atomic E-state index is 0.0234. The molecule has 1 heterocycles. The molecule has 0 saturated carbocycles. The summed E-state index contributed by atoms with van der Waals surface area (Å²) in [6, 6.07) is 1.89. The number of aromatic nitrogens is 2. The Kier molecular flexibility index (Phi) is 4.03. The Labute approximate surface area is 91.3 Å². The van der Waals surface area contributed by atoms with Crippen molar-refractivity contribution in [1.82, 2.24) is 9.97 Å². The maximum Gasteiger partial charge on any atom is 0.130 e. The smallest absolute Gasteiger partial charge is 0.130 e. The second kappa shape index (κ2) is 5.07. The van der Waals surface area contributed by atoms with Crippen molar-refractivity contribution >= 4 is 5.82 Å². The lowest BCUT2D eigenvalue weighted by Gasteiger charge is -2.29. The molecule has 0 fully saturated rings. The van der Waals surface area contributed by atoms with E-state index in [2.05, 4.69) is 29.1 Å². The van der Waals surface area contributed by atoms with E-state index in [1.54, 1.807) is 6.20 Å². The molecule has 84 valence electrons. The zero-order valence-corrected chi connectivity index (χ0v) is 9.75. The van der Waals surface area contributed by atoms with Crippen molar-refractivity contribution in [2.75, 3.05) is 11.9 Å². The monoisotopic (exact) mass is 208 g/mol. The summed E-state index contributed by atoms with van der Waals surface area (Å²) in [6.07, 6.45) is 3.73. The van der Waals surface area contributed by atoms with Crippen molar-refractivity contribution in [1.29, 1.82) is 0 Å². The summed E-state index contributed by atoms with van der Waals surface area (Å²) in [5.74, 6) is 1.66. The third kappa shape index (κ3) is 3.47. The number of aryl methyl sites for hydroxylation is 1. The summed E-state index contributed by atoms with van der Waals surface area (Å²) in [5, 5.41) is 3.42. The summed E-state index contributed by atoms with van der Waals surface area (Å²) >= 11 is 0. The molecule has 1 unspecified atom stereocenters. The van der Waals surface area contributed by atoms with E-state index in [4.69, 9.17) is 5.73 Å². The number of rotatable bonds is 5. The standard InChI is InChI=1S/C11H20N4/c1-4-11(3,6-7-12)15-10-5-8-13-9(2)14-10/h5,8H,4,6-7,12H2,1-3H3,(H,13,14,15). The van der Waals surface area contributed by atoms with Gasteiger partial charge in [-0.25, -0.2) is 9.97 Å². The zero-order valence-electron chi connectivity index (χ0n) is 9.75. The highest BCUT2D eigenvalue weighted by Crippen LogP contribution is 2.19. The van der Waals surface area contributed by atoms with Gasteiger partial charge in [-0.1, -0.05) is 6.92 Å². The van der Waals surface area contributed by atoms with Gasteiger partial charge >= 0.3 is 0 Å². The van der Waals surface area contributed by atoms with E-state index in [9.17, 15) is 0 Å². The van der Waals surface area contributed by atoms with Crippen LogP contribution in [0.1, 0.15) is 32.5 Å². The van der Waals surface area contributed by atoms with Gasteiger partial charge in [-0.2, -0.15) is 0 Å². The molecule has 1 rings (SSSR count). The van der Waals surface area contributed by atoms with Crippen molar-refractivity contribution < 1.29 is 0 Å². The molecule has 1 aromatic rings. The third-order valence-corrected chi connectivity index (χ3v) is 2.68. The molecule has 3 N–H and O–H groups in total. The van der Waals surface area contributed by atoms with E-state index < -0.39 is 0 Å². The SMILES string of the molecule is CCC(C)(CCN)Nc1ccnc(C)n1. The highest BCUT2D eigenvalue weighted by atomic mass is 15.1. The summed E-state index contributed by atoms with van der Waals surface area (Å²) in [7, 11) is 0. The molecule has 0 bridgehead atoms. The first-order valence-electron chi connectivity index (χ1n) is 5.37. The van der Waals surface area contributed by atoms with Crippen LogP contribution in [-0.2, 0) is 0 Å². The molecule has 0 amide bonds. The Morgan fingerprint density at radius 3 is 2.80 bits per heavy atom. The lowest BCUT2D eigenvalue weighted by atomic mass is 9.94. The predicted octanol–water partition coefficient (Wildman–Crippen LogP) is 1.71. The molecule has 0 aliphatic rings. The van der Waals surface area contributed by atoms with Crippen molar-refractivity contribution in [3.8, 4) is 0 Å². The van der Waals surface area contributed by atoms with Gasteiger partial charge in [0, 0.05) is 11.7 Å². The number of nitrogens with one attached hydrogen (secondary N) is 1. The quantitative estimate of drug-likeness (QED) is 0.773. The predicted molar refractivity (Wildman–Crippen MR) is 62.8 cm³/mol. The van der Waals surface area contributed by atoms with Gasteiger partial charge in [-0.15, -0.1) is 0 Å². The topological polar surface area (TPSA) is 63.8 Å². The van der Waals surface area contributed by atoms with Crippen LogP contribution in [0.5, 0.6) is 0 Å². The van der Waals surface area contributed by atoms with Gasteiger partial charge in [0.1, 0.15) is 11.6 Å². The minimum Gasteiger partial charge on any atom is -0.365 e. The molecule has 15 heavy (non-hydrogen) atoms. The minimum absolute atomic E-state index is 0.0234. The summed E-state index contributed by atoms with van der Waals surface area (Å²) in [5.41, 5.74) is 5.62. The first-order valence-corrected chi connectivity index (χ1v) is 5.37. The van der Waals surface area contributed by atoms with Crippen molar-refractivity contribution in [2.45, 2.75) is 39.2 Å². The van der Waals surface area contributed by atoms with Crippen LogP contribution < -0.4 is 11.1 Å². The lowest BCUT2D eigenvalue weighted by Crippen LogP contribution is -2.36. The van der Waals surface area contributed by atoms with E-state index in [0.717, 1.165) is 24.5 Å². The van der Waals surface area contributed by atoms with E-state index in [1.807, 2.05) is 13.0 Å². The van der Waals surface area contributed by atoms with Gasteiger partial charge in [0.2, 0.25) is 0 Å². The molecule has 0 aliphatic heterocycles. The fourth-order valence-electron chi connectivity index (χ4n) is 1.48. The molecule has 0 spiro atoms. The molecule has 0 saturated heterocycles. The summed E-state index contributed by atoms with van der Waals surface area (Å²) < 4.78 is 0. The zero-order chi connectivity index (χ0) is 11.3. The fourth-order valence-corrected chi connectivity index (χ4v) is 1.48. The van der Waals surface area contributed by atoms with Gasteiger partial charge in [0.25, 0.3) is 0 Å². The number of nitrogens with two attached hydrogens (primary N) is 1. The largest absolute Gasteiger partial charge is 0.365 e. The van der Waals surface area contributed by atoms with Crippen LogP contribution in [0.4, 0.5) is 5.82 Å². The van der Waals surface area contributed by atoms with Crippen LogP contribution in [0.25, 0.3) is 0 Å². The van der Waals surface area contributed by atoms with Gasteiger partial charge in [-0.05, 0) is 39.3 Å². The van der Waals surface area contributed by atoms with E-state index in [1.165, 1.54) is 0 Å². The van der Waals surface area contributed by atoms with Gasteiger partial charge in [0.05, 0.1) is 0 Å². The molecular weight excluding hydrogens is 188 g/mol. The Hall–Kier alpha value is -1.16. The highest BCUT2D eigenvalue weighted by molar-refractivity contribution is 5.36. The highest BCUT2D eigenvalue weighted by Gasteiger charge is 2.20. The average molecular weight is 208 g/mol. The molecule has 4 nitrogen and oxygen atoms in total. The van der Waals surface area contributed by atoms with Gasteiger partial charge < -0.3 is 11.1 Å². The van der Waals surface area contributed by atoms with Crippen molar-refractivity contribution in [3.05, 3.63) is 18.1 Å². The van der Waals surface area contributed by atoms with Crippen molar-refractivity contribution in [3.63, 3.8) is 0 Å². The van der Waals surface area contributed by atoms with Crippen LogP contribution >= 0.6 is 0 Å². The Balaban J connectivity index is 2.74. The van der Waals surface area contributed by atoms with E-state index in [-0.39, 0.29) is 5.54 Å². The maximum atomic E-state index is 5.60. The molecular formula is C11H20N4. The normalized spacial score (nSPS) is 14.7. The fraction of sp³-hybridized carbons (Fsp3) is 0.636. The lowest BCUT2D eigenvalue weighted by molar-refractivity contribution is 0.461. The second-order valence-corrected chi connectivity index (χ2v) is 4.07. The Morgan fingerprint density at radius 2 is 2.27 bits per heavy atom. The van der Waals surface area contributed by atoms with Crippen LogP contribution in [0.15, 0.2) is 12.3 Å². The molecule has 0 radical (unpaired) electrons. The van der Waals surface area contributed by atoms with Crippen LogP contribution in [0, 0.1) is 6.92 Å². The number of hydrogen-bond donors (Lipinski definition) is 2. The van der Waals surface area contributed by atoms with Crippen LogP contribution in [0.2, 0.25) is 0 Å². The first-order chi connectivity index (χ1) is 7.09. The van der Waals surface area contributed by atoms with Crippen molar-refractivity contribution in [2.24, 2.45) is 5.73 Å². The number of anilines is 1. The second-order valence-electron chi connectivity index (χ2n) is 4.07. The molecule has 1 atom stereocenters. The Bertz CT molecular complexity index is 313. The number of hydrogen-bond acceptors (Lipinski definition) is 4. The van der Waals surface area contributed by atoms with E-state index in [0.29, 0.717) is 6.54 Å². The van der Waals surface area contributed by atoms with Gasteiger partial charge in [-0.3, -0.25) is 0 Å². The maximum absolute atomic E-state index is 5.60. The first kappa shape index (κ1) is 11.9.